The Balaban J connectivity index is 1.84. The molecule has 0 N–H and O–H groups in total. The number of likely N-dealkylation sites (N-methyl/N-ethyl adjacent to an activating group) is 1. The molecule has 1 amide bonds. The Kier molecular flexibility index (Phi) is 5.54. The third-order valence-corrected chi connectivity index (χ3v) is 5.32. The average molecular weight is 365 g/mol. The maximum Gasteiger partial charge on any atom is 0.227 e. The van der Waals surface area contributed by atoms with Crippen LogP contribution in [0.5, 0.6) is 5.75 Å². The molecule has 0 aliphatic rings. The molecule has 2 aromatic carbocycles. The number of methoxy groups -OCH3 is 1. The number of hydrogen-bond acceptors (Lipinski definition) is 3. The molecule has 1 heterocycles. The molecule has 4 nitrogen and oxygen atoms in total. The quantitative estimate of drug-likeness (QED) is 0.602. The largest absolute Gasteiger partial charge is 0.497 e. The lowest BCUT2D eigenvalue weighted by molar-refractivity contribution is -0.132. The van der Waals surface area contributed by atoms with Crippen LogP contribution in [-0.4, -0.2) is 24.5 Å². The van der Waals surface area contributed by atoms with Crippen LogP contribution >= 0.6 is 0 Å². The van der Waals surface area contributed by atoms with Crippen molar-refractivity contribution in [3.8, 4) is 5.75 Å². The first-order valence-corrected chi connectivity index (χ1v) is 9.35. The average Bonchev–Trinajstić information content (AvgIpc) is 3.04. The first kappa shape index (κ1) is 19.0. The Bertz CT molecular complexity index is 957. The van der Waals surface area contributed by atoms with Gasteiger partial charge in [0.25, 0.3) is 0 Å². The van der Waals surface area contributed by atoms with Gasteiger partial charge in [-0.2, -0.15) is 0 Å². The van der Waals surface area contributed by atoms with Gasteiger partial charge in [-0.3, -0.25) is 4.79 Å². The van der Waals surface area contributed by atoms with Gasteiger partial charge in [0, 0.05) is 17.5 Å². The molecule has 142 valence electrons. The number of rotatable bonds is 6. The van der Waals surface area contributed by atoms with Crippen molar-refractivity contribution in [1.29, 1.82) is 0 Å². The van der Waals surface area contributed by atoms with E-state index in [4.69, 9.17) is 9.15 Å². The van der Waals surface area contributed by atoms with Crippen LogP contribution in [0.25, 0.3) is 11.0 Å². The Morgan fingerprint density at radius 3 is 2.63 bits per heavy atom. The van der Waals surface area contributed by atoms with E-state index in [1.165, 1.54) is 11.1 Å². The van der Waals surface area contributed by atoms with E-state index >= 15 is 0 Å². The molecule has 1 atom stereocenters. The van der Waals surface area contributed by atoms with E-state index in [0.29, 0.717) is 13.0 Å². The van der Waals surface area contributed by atoms with Crippen molar-refractivity contribution in [3.63, 3.8) is 0 Å². The Morgan fingerprint density at radius 2 is 1.93 bits per heavy atom. The minimum atomic E-state index is -0.0280. The summed E-state index contributed by atoms with van der Waals surface area (Å²) in [6.45, 7) is 8.85. The first-order valence-electron chi connectivity index (χ1n) is 9.35. The smallest absolute Gasteiger partial charge is 0.227 e. The fourth-order valence-corrected chi connectivity index (χ4v) is 3.49. The van der Waals surface area contributed by atoms with Crippen molar-refractivity contribution in [1.82, 2.24) is 4.90 Å². The summed E-state index contributed by atoms with van der Waals surface area (Å²) in [6.07, 6.45) is 2.04. The number of furan rings is 1. The summed E-state index contributed by atoms with van der Waals surface area (Å²) < 4.78 is 11.0. The van der Waals surface area contributed by atoms with Gasteiger partial charge in [0.2, 0.25) is 5.91 Å². The molecule has 0 aliphatic carbocycles. The third-order valence-electron chi connectivity index (χ3n) is 5.32. The highest BCUT2D eigenvalue weighted by molar-refractivity contribution is 5.88. The minimum absolute atomic E-state index is 0.0280. The zero-order valence-corrected chi connectivity index (χ0v) is 16.7. The summed E-state index contributed by atoms with van der Waals surface area (Å²) in [7, 11) is 1.65. The molecule has 0 fully saturated rings. The summed E-state index contributed by atoms with van der Waals surface area (Å²) in [5.74, 6) is 0.892. The van der Waals surface area contributed by atoms with Gasteiger partial charge in [-0.05, 0) is 68.7 Å². The number of hydrogen-bond donors (Lipinski definition) is 0. The fourth-order valence-electron chi connectivity index (χ4n) is 3.49. The van der Waals surface area contributed by atoms with Crippen LogP contribution in [-0.2, 0) is 11.2 Å². The minimum Gasteiger partial charge on any atom is -0.497 e. The molecule has 0 aliphatic heterocycles. The van der Waals surface area contributed by atoms with Crippen molar-refractivity contribution in [3.05, 3.63) is 64.9 Å². The molecule has 1 unspecified atom stereocenters. The van der Waals surface area contributed by atoms with Gasteiger partial charge in [-0.1, -0.05) is 12.1 Å². The third kappa shape index (κ3) is 3.85. The molecule has 3 rings (SSSR count). The Labute approximate surface area is 160 Å². The number of carbonyl (C=O) groups is 1. The SMILES string of the molecule is CCN(C(=O)Cc1coc2cc(C)c(C)cc12)C(C)c1cccc(OC)c1. The molecule has 3 aromatic rings. The summed E-state index contributed by atoms with van der Waals surface area (Å²) >= 11 is 0. The Hall–Kier alpha value is -2.75. The second-order valence-electron chi connectivity index (χ2n) is 7.00. The molecule has 0 saturated heterocycles. The molecule has 0 radical (unpaired) electrons. The molecule has 27 heavy (non-hydrogen) atoms. The van der Waals surface area contributed by atoms with Crippen LogP contribution in [0.4, 0.5) is 0 Å². The lowest BCUT2D eigenvalue weighted by Crippen LogP contribution is -2.34. The molecular formula is C23H27NO3. The molecule has 0 bridgehead atoms. The molecule has 0 saturated carbocycles. The number of benzene rings is 2. The van der Waals surface area contributed by atoms with E-state index in [-0.39, 0.29) is 11.9 Å². The molecule has 4 heteroatoms. The monoisotopic (exact) mass is 365 g/mol. The van der Waals surface area contributed by atoms with Gasteiger partial charge < -0.3 is 14.1 Å². The van der Waals surface area contributed by atoms with Gasteiger partial charge in [-0.15, -0.1) is 0 Å². The summed E-state index contributed by atoms with van der Waals surface area (Å²) in [5.41, 5.74) is 5.23. The van der Waals surface area contributed by atoms with Crippen molar-refractivity contribution < 1.29 is 13.9 Å². The number of fused-ring (bicyclic) bond motifs is 1. The molecule has 1 aromatic heterocycles. The van der Waals surface area contributed by atoms with E-state index in [1.807, 2.05) is 42.2 Å². The summed E-state index contributed by atoms with van der Waals surface area (Å²) in [6, 6.07) is 12.0. The van der Waals surface area contributed by atoms with E-state index in [0.717, 1.165) is 27.8 Å². The normalized spacial score (nSPS) is 12.2. The summed E-state index contributed by atoms with van der Waals surface area (Å²) in [5, 5.41) is 1.02. The lowest BCUT2D eigenvalue weighted by atomic mass is 10.0. The number of carbonyl (C=O) groups excluding carboxylic acids is 1. The van der Waals surface area contributed by atoms with Crippen LogP contribution in [0.2, 0.25) is 0 Å². The van der Waals surface area contributed by atoms with Crippen molar-refractivity contribution in [2.75, 3.05) is 13.7 Å². The fraction of sp³-hybridized carbons (Fsp3) is 0.348. The summed E-state index contributed by atoms with van der Waals surface area (Å²) in [4.78, 5) is 15.0. The topological polar surface area (TPSA) is 42.7 Å². The Morgan fingerprint density at radius 1 is 1.19 bits per heavy atom. The van der Waals surface area contributed by atoms with Crippen molar-refractivity contribution in [2.45, 2.75) is 40.2 Å². The highest BCUT2D eigenvalue weighted by atomic mass is 16.5. The number of amides is 1. The van der Waals surface area contributed by atoms with Crippen LogP contribution in [0.1, 0.15) is 42.1 Å². The maximum absolute atomic E-state index is 13.1. The van der Waals surface area contributed by atoms with Gasteiger partial charge in [-0.25, -0.2) is 0 Å². The van der Waals surface area contributed by atoms with Gasteiger partial charge in [0.1, 0.15) is 11.3 Å². The number of aryl methyl sites for hydroxylation is 2. The zero-order chi connectivity index (χ0) is 19.6. The van der Waals surface area contributed by atoms with E-state index in [1.54, 1.807) is 13.4 Å². The standard InChI is InChI=1S/C23H27NO3/c1-6-24(17(4)18-8-7-9-20(12-18)26-5)23(25)13-19-14-27-22-11-16(3)15(2)10-21(19)22/h7-12,14,17H,6,13H2,1-5H3. The van der Waals surface area contributed by atoms with Gasteiger partial charge in [0.15, 0.2) is 0 Å². The van der Waals surface area contributed by atoms with Crippen molar-refractivity contribution >= 4 is 16.9 Å². The van der Waals surface area contributed by atoms with E-state index in [9.17, 15) is 4.79 Å². The number of ether oxygens (including phenoxy) is 1. The maximum atomic E-state index is 13.1. The van der Waals surface area contributed by atoms with Crippen LogP contribution in [0, 0.1) is 13.8 Å². The van der Waals surface area contributed by atoms with Gasteiger partial charge in [0.05, 0.1) is 25.8 Å². The zero-order valence-electron chi connectivity index (χ0n) is 16.7. The predicted molar refractivity (Wildman–Crippen MR) is 108 cm³/mol. The van der Waals surface area contributed by atoms with Crippen LogP contribution < -0.4 is 4.74 Å². The highest BCUT2D eigenvalue weighted by Gasteiger charge is 2.22. The van der Waals surface area contributed by atoms with Crippen molar-refractivity contribution in [2.24, 2.45) is 0 Å². The first-order chi connectivity index (χ1) is 12.9. The van der Waals surface area contributed by atoms with Crippen LogP contribution in [0.15, 0.2) is 47.1 Å². The predicted octanol–water partition coefficient (Wildman–Crippen LogP) is 5.21. The molecule has 0 spiro atoms. The van der Waals surface area contributed by atoms with Gasteiger partial charge >= 0.3 is 0 Å². The lowest BCUT2D eigenvalue weighted by Gasteiger charge is -2.28. The molecular weight excluding hydrogens is 338 g/mol. The second-order valence-corrected chi connectivity index (χ2v) is 7.00. The second kappa shape index (κ2) is 7.87. The number of nitrogens with zero attached hydrogens (tertiary/aromatic N) is 1. The van der Waals surface area contributed by atoms with E-state index in [2.05, 4.69) is 26.8 Å². The van der Waals surface area contributed by atoms with E-state index < -0.39 is 0 Å². The van der Waals surface area contributed by atoms with Crippen LogP contribution in [0.3, 0.4) is 0 Å². The highest BCUT2D eigenvalue weighted by Crippen LogP contribution is 2.28.